The van der Waals surface area contributed by atoms with Gasteiger partial charge in [-0.3, -0.25) is 0 Å². The minimum atomic E-state index is 0.883. The van der Waals surface area contributed by atoms with E-state index in [0.29, 0.717) is 0 Å². The molecule has 0 saturated carbocycles. The zero-order chi connectivity index (χ0) is 36.3. The molecule has 11 aromatic rings. The molecule has 0 saturated heterocycles. The summed E-state index contributed by atoms with van der Waals surface area (Å²) in [5.41, 5.74) is 13.2. The van der Waals surface area contributed by atoms with Crippen molar-refractivity contribution in [2.75, 3.05) is 4.90 Å². The van der Waals surface area contributed by atoms with Crippen LogP contribution >= 0.6 is 0 Å². The van der Waals surface area contributed by atoms with Gasteiger partial charge in [-0.2, -0.15) is 0 Å². The highest BCUT2D eigenvalue weighted by Crippen LogP contribution is 2.41. The molecule has 0 radical (unpaired) electrons. The molecule has 11 rings (SSSR count). The predicted octanol–water partition coefficient (Wildman–Crippen LogP) is 14.6. The second-order valence-corrected chi connectivity index (χ2v) is 14.2. The van der Waals surface area contributed by atoms with E-state index in [4.69, 9.17) is 4.42 Å². The van der Waals surface area contributed by atoms with Gasteiger partial charge in [-0.1, -0.05) is 133 Å². The fourth-order valence-electron chi connectivity index (χ4n) is 8.30. The van der Waals surface area contributed by atoms with Crippen molar-refractivity contribution in [1.29, 1.82) is 0 Å². The maximum absolute atomic E-state index is 6.24. The molecule has 0 spiro atoms. The maximum atomic E-state index is 6.24. The number of aromatic nitrogens is 1. The largest absolute Gasteiger partial charge is 0.456 e. The van der Waals surface area contributed by atoms with Gasteiger partial charge in [-0.05, 0) is 106 Å². The van der Waals surface area contributed by atoms with Gasteiger partial charge in [0.2, 0.25) is 0 Å². The summed E-state index contributed by atoms with van der Waals surface area (Å²) in [5.74, 6) is 0. The summed E-state index contributed by atoms with van der Waals surface area (Å²) in [7, 11) is 0. The van der Waals surface area contributed by atoms with Crippen LogP contribution in [0.4, 0.5) is 17.1 Å². The number of hydrogen-bond acceptors (Lipinski definition) is 2. The van der Waals surface area contributed by atoms with Crippen molar-refractivity contribution in [1.82, 2.24) is 4.57 Å². The van der Waals surface area contributed by atoms with Crippen LogP contribution in [0.3, 0.4) is 0 Å². The van der Waals surface area contributed by atoms with Gasteiger partial charge in [-0.15, -0.1) is 0 Å². The third-order valence-electron chi connectivity index (χ3n) is 11.0. The predicted molar refractivity (Wildman–Crippen MR) is 231 cm³/mol. The summed E-state index contributed by atoms with van der Waals surface area (Å²) in [6.45, 7) is 0. The molecule has 2 aromatic heterocycles. The highest BCUT2D eigenvalue weighted by molar-refractivity contribution is 6.11. The summed E-state index contributed by atoms with van der Waals surface area (Å²) in [4.78, 5) is 2.35. The first-order chi connectivity index (χ1) is 27.2. The Kier molecular flexibility index (Phi) is 7.17. The van der Waals surface area contributed by atoms with Crippen molar-refractivity contribution in [3.63, 3.8) is 0 Å². The average molecular weight is 703 g/mol. The van der Waals surface area contributed by atoms with Crippen LogP contribution < -0.4 is 4.90 Å². The fourth-order valence-corrected chi connectivity index (χ4v) is 8.30. The van der Waals surface area contributed by atoms with Gasteiger partial charge in [-0.25, -0.2) is 0 Å². The van der Waals surface area contributed by atoms with Gasteiger partial charge >= 0.3 is 0 Å². The standard InChI is InChI=1S/C52H34N2O/c1-2-11-35(12-3-1)37-21-25-41(26-22-37)53(44-28-30-52-48(34-44)47-18-7-9-20-51(47)55-52)42-16-10-15-39(32-42)40-24-29-46-45-17-6-8-19-49(45)54(50(46)33-40)43-27-23-36-13-4-5-14-38(36)31-43/h1-34H. The summed E-state index contributed by atoms with van der Waals surface area (Å²) in [5, 5.41) is 7.17. The van der Waals surface area contributed by atoms with E-state index < -0.39 is 0 Å². The Balaban J connectivity index is 1.07. The minimum Gasteiger partial charge on any atom is -0.456 e. The first kappa shape index (κ1) is 31.2. The van der Waals surface area contributed by atoms with Crippen LogP contribution in [0.25, 0.3) is 82.5 Å². The van der Waals surface area contributed by atoms with Crippen LogP contribution in [0.15, 0.2) is 211 Å². The number of para-hydroxylation sites is 2. The molecular formula is C52H34N2O. The Morgan fingerprint density at radius 1 is 0.327 bits per heavy atom. The molecule has 258 valence electrons. The molecule has 0 aliphatic carbocycles. The lowest BCUT2D eigenvalue weighted by Crippen LogP contribution is -2.10. The lowest BCUT2D eigenvalue weighted by atomic mass is 10.0. The highest BCUT2D eigenvalue weighted by atomic mass is 16.3. The first-order valence-corrected chi connectivity index (χ1v) is 18.7. The van der Waals surface area contributed by atoms with E-state index in [9.17, 15) is 0 Å². The van der Waals surface area contributed by atoms with Gasteiger partial charge < -0.3 is 13.9 Å². The highest BCUT2D eigenvalue weighted by Gasteiger charge is 2.18. The second kappa shape index (κ2) is 12.6. The van der Waals surface area contributed by atoms with Crippen molar-refractivity contribution < 1.29 is 4.42 Å². The second-order valence-electron chi connectivity index (χ2n) is 14.2. The van der Waals surface area contributed by atoms with E-state index >= 15 is 0 Å². The molecule has 9 aromatic carbocycles. The number of fused-ring (bicyclic) bond motifs is 7. The van der Waals surface area contributed by atoms with Crippen LogP contribution in [-0.4, -0.2) is 4.57 Å². The molecule has 3 nitrogen and oxygen atoms in total. The molecule has 55 heavy (non-hydrogen) atoms. The lowest BCUT2D eigenvalue weighted by molar-refractivity contribution is 0.669. The van der Waals surface area contributed by atoms with E-state index in [-0.39, 0.29) is 0 Å². The number of benzene rings is 9. The Labute approximate surface area is 318 Å². The molecule has 0 N–H and O–H groups in total. The van der Waals surface area contributed by atoms with E-state index in [1.54, 1.807) is 0 Å². The van der Waals surface area contributed by atoms with Crippen LogP contribution in [0, 0.1) is 0 Å². The molecule has 0 aliphatic rings. The molecule has 0 aliphatic heterocycles. The number of furan rings is 1. The van der Waals surface area contributed by atoms with E-state index in [1.165, 1.54) is 43.7 Å². The number of rotatable bonds is 6. The number of nitrogens with zero attached hydrogens (tertiary/aromatic N) is 2. The molecule has 0 atom stereocenters. The number of anilines is 3. The van der Waals surface area contributed by atoms with Crippen LogP contribution in [0.2, 0.25) is 0 Å². The smallest absolute Gasteiger partial charge is 0.135 e. The molecule has 0 amide bonds. The zero-order valence-corrected chi connectivity index (χ0v) is 29.9. The summed E-state index contributed by atoms with van der Waals surface area (Å²) in [6.07, 6.45) is 0. The normalized spacial score (nSPS) is 11.6. The van der Waals surface area contributed by atoms with E-state index in [1.807, 2.05) is 12.1 Å². The van der Waals surface area contributed by atoms with Crippen molar-refractivity contribution in [2.45, 2.75) is 0 Å². The minimum absolute atomic E-state index is 0.883. The Hall–Kier alpha value is -7.36. The Bertz CT molecular complexity index is 3210. The number of hydrogen-bond donors (Lipinski definition) is 0. The topological polar surface area (TPSA) is 21.3 Å². The first-order valence-electron chi connectivity index (χ1n) is 18.7. The molecule has 0 bridgehead atoms. The van der Waals surface area contributed by atoms with Gasteiger partial charge in [0.1, 0.15) is 11.2 Å². The quantitative estimate of drug-likeness (QED) is 0.172. The van der Waals surface area contributed by atoms with Crippen LogP contribution in [-0.2, 0) is 0 Å². The van der Waals surface area contributed by atoms with Crippen molar-refractivity contribution in [3.8, 4) is 27.9 Å². The van der Waals surface area contributed by atoms with Crippen LogP contribution in [0.5, 0.6) is 0 Å². The molecule has 0 fully saturated rings. The van der Waals surface area contributed by atoms with Crippen molar-refractivity contribution in [2.24, 2.45) is 0 Å². The summed E-state index contributed by atoms with van der Waals surface area (Å²) in [6, 6.07) is 74.1. The fraction of sp³-hybridized carbons (Fsp3) is 0. The molecule has 3 heteroatoms. The Morgan fingerprint density at radius 2 is 0.964 bits per heavy atom. The van der Waals surface area contributed by atoms with Gasteiger partial charge in [0.25, 0.3) is 0 Å². The lowest BCUT2D eigenvalue weighted by Gasteiger charge is -2.26. The van der Waals surface area contributed by atoms with E-state index in [2.05, 4.69) is 204 Å². The third-order valence-corrected chi connectivity index (χ3v) is 11.0. The van der Waals surface area contributed by atoms with Crippen LogP contribution in [0.1, 0.15) is 0 Å². The van der Waals surface area contributed by atoms with Crippen molar-refractivity contribution >= 4 is 71.6 Å². The van der Waals surface area contributed by atoms with Gasteiger partial charge in [0.05, 0.1) is 11.0 Å². The summed E-state index contributed by atoms with van der Waals surface area (Å²) >= 11 is 0. The monoisotopic (exact) mass is 702 g/mol. The molecule has 2 heterocycles. The van der Waals surface area contributed by atoms with Gasteiger partial charge in [0.15, 0.2) is 0 Å². The van der Waals surface area contributed by atoms with E-state index in [0.717, 1.165) is 55.8 Å². The maximum Gasteiger partial charge on any atom is 0.135 e. The Morgan fingerprint density at radius 3 is 1.85 bits per heavy atom. The molecule has 0 unspecified atom stereocenters. The summed E-state index contributed by atoms with van der Waals surface area (Å²) < 4.78 is 8.65. The third kappa shape index (κ3) is 5.28. The van der Waals surface area contributed by atoms with Gasteiger partial charge in [0, 0.05) is 44.3 Å². The molecular weight excluding hydrogens is 669 g/mol. The average Bonchev–Trinajstić information content (AvgIpc) is 3.79. The zero-order valence-electron chi connectivity index (χ0n) is 29.9. The SMILES string of the molecule is c1ccc(-c2ccc(N(c3cccc(-c4ccc5c6ccccc6n(-c6ccc7ccccc7c6)c5c4)c3)c3ccc4oc5ccccc5c4c3)cc2)cc1. The van der Waals surface area contributed by atoms with Crippen molar-refractivity contribution in [3.05, 3.63) is 206 Å².